The molecule has 4 rings (SSSR count). The number of carbonyl (C=O) groups excluding carboxylic acids is 1. The zero-order valence-corrected chi connectivity index (χ0v) is 18.1. The second-order valence-corrected chi connectivity index (χ2v) is 7.47. The van der Waals surface area contributed by atoms with Crippen molar-refractivity contribution in [1.82, 2.24) is 0 Å². The molecule has 0 spiro atoms. The van der Waals surface area contributed by atoms with Gasteiger partial charge in [-0.1, -0.05) is 40.2 Å². The molecule has 1 heterocycles. The number of benzene rings is 3. The van der Waals surface area contributed by atoms with Gasteiger partial charge in [0.05, 0.1) is 25.5 Å². The maximum atomic E-state index is 13.4. The monoisotopic (exact) mass is 462 g/mol. The fourth-order valence-corrected chi connectivity index (χ4v) is 3.67. The van der Waals surface area contributed by atoms with E-state index in [1.807, 2.05) is 72.8 Å². The number of anilines is 1. The molecule has 1 aliphatic rings. The molecule has 6 heteroatoms. The van der Waals surface area contributed by atoms with Gasteiger partial charge in [0.2, 0.25) is 0 Å². The minimum Gasteiger partial charge on any atom is -0.497 e. The van der Waals surface area contributed by atoms with Crippen LogP contribution in [0.15, 0.2) is 88.0 Å². The summed E-state index contributed by atoms with van der Waals surface area (Å²) in [6, 6.07) is 22.6. The maximum absolute atomic E-state index is 13.4. The number of hydrogen-bond acceptors (Lipinski definition) is 4. The van der Waals surface area contributed by atoms with Crippen LogP contribution in [0.25, 0.3) is 6.08 Å². The Balaban J connectivity index is 1.85. The lowest BCUT2D eigenvalue weighted by Gasteiger charge is -2.20. The molecule has 1 aliphatic heterocycles. The van der Waals surface area contributed by atoms with Crippen molar-refractivity contribution in [3.05, 3.63) is 94.1 Å². The van der Waals surface area contributed by atoms with Crippen molar-refractivity contribution >= 4 is 39.4 Å². The summed E-state index contributed by atoms with van der Waals surface area (Å²) in [5.74, 6) is 1.67. The van der Waals surface area contributed by atoms with Crippen LogP contribution in [0.4, 0.5) is 5.69 Å². The standard InChI is InChI=1S/C24H19BrN2O3/c1-29-19-12-10-18(11-13-19)27-23(20-8-3-4-9-22(20)30-2)26-21(24(27)28)15-16-6-5-7-17(25)14-16/h3-15H,1-2H3/b21-15+. The summed E-state index contributed by atoms with van der Waals surface area (Å²) in [6.07, 6.45) is 1.78. The molecule has 1 amide bonds. The molecule has 0 N–H and O–H groups in total. The lowest BCUT2D eigenvalue weighted by Crippen LogP contribution is -2.32. The van der Waals surface area contributed by atoms with Gasteiger partial charge in [-0.15, -0.1) is 0 Å². The SMILES string of the molecule is COc1ccc(N2C(=O)/C(=C\c3cccc(Br)c3)N=C2c2ccccc2OC)cc1. The van der Waals surface area contributed by atoms with Crippen molar-refractivity contribution in [2.24, 2.45) is 4.99 Å². The quantitative estimate of drug-likeness (QED) is 0.483. The molecule has 150 valence electrons. The Morgan fingerprint density at radius 2 is 1.70 bits per heavy atom. The lowest BCUT2D eigenvalue weighted by molar-refractivity contribution is -0.113. The van der Waals surface area contributed by atoms with Crippen LogP contribution in [0.2, 0.25) is 0 Å². The van der Waals surface area contributed by atoms with E-state index in [9.17, 15) is 4.79 Å². The predicted molar refractivity (Wildman–Crippen MR) is 122 cm³/mol. The van der Waals surface area contributed by atoms with Crippen LogP contribution in [0.1, 0.15) is 11.1 Å². The summed E-state index contributed by atoms with van der Waals surface area (Å²) >= 11 is 3.47. The highest BCUT2D eigenvalue weighted by Gasteiger charge is 2.33. The van der Waals surface area contributed by atoms with Crippen LogP contribution in [-0.2, 0) is 4.79 Å². The molecule has 0 unspecified atom stereocenters. The van der Waals surface area contributed by atoms with Gasteiger partial charge in [-0.2, -0.15) is 0 Å². The summed E-state index contributed by atoms with van der Waals surface area (Å²) in [5.41, 5.74) is 2.67. The van der Waals surface area contributed by atoms with Crippen molar-refractivity contribution in [2.45, 2.75) is 0 Å². The second-order valence-electron chi connectivity index (χ2n) is 6.56. The van der Waals surface area contributed by atoms with Crippen molar-refractivity contribution in [2.75, 3.05) is 19.1 Å². The number of aliphatic imine (C=N–C) groups is 1. The average Bonchev–Trinajstić information content (AvgIpc) is 3.09. The summed E-state index contributed by atoms with van der Waals surface area (Å²) in [4.78, 5) is 19.7. The molecule has 0 bridgehead atoms. The number of ether oxygens (including phenoxy) is 2. The number of nitrogens with zero attached hydrogens (tertiary/aromatic N) is 2. The number of halogens is 1. The third-order valence-electron chi connectivity index (χ3n) is 4.69. The number of rotatable bonds is 5. The molecular formula is C24H19BrN2O3. The van der Waals surface area contributed by atoms with Crippen molar-refractivity contribution in [3.63, 3.8) is 0 Å². The van der Waals surface area contributed by atoms with Crippen LogP contribution in [0, 0.1) is 0 Å². The predicted octanol–water partition coefficient (Wildman–Crippen LogP) is 5.30. The van der Waals surface area contributed by atoms with Gasteiger partial charge in [-0.05, 0) is 60.2 Å². The van der Waals surface area contributed by atoms with Gasteiger partial charge in [0, 0.05) is 4.47 Å². The first-order valence-corrected chi connectivity index (χ1v) is 10.1. The van der Waals surface area contributed by atoms with Crippen molar-refractivity contribution < 1.29 is 14.3 Å². The molecule has 0 radical (unpaired) electrons. The molecule has 0 atom stereocenters. The van der Waals surface area contributed by atoms with E-state index in [-0.39, 0.29) is 5.91 Å². The first-order valence-electron chi connectivity index (χ1n) is 9.28. The zero-order chi connectivity index (χ0) is 21.1. The molecule has 0 fully saturated rings. The first-order chi connectivity index (χ1) is 14.6. The van der Waals surface area contributed by atoms with E-state index in [0.717, 1.165) is 15.6 Å². The van der Waals surface area contributed by atoms with E-state index in [4.69, 9.17) is 14.5 Å². The molecule has 0 aliphatic carbocycles. The smallest absolute Gasteiger partial charge is 0.282 e. The lowest BCUT2D eigenvalue weighted by atomic mass is 10.1. The van der Waals surface area contributed by atoms with Gasteiger partial charge in [0.25, 0.3) is 5.91 Å². The third-order valence-corrected chi connectivity index (χ3v) is 5.18. The molecule has 0 aromatic heterocycles. The summed E-state index contributed by atoms with van der Waals surface area (Å²) in [6.45, 7) is 0. The Labute approximate surface area is 183 Å². The zero-order valence-electron chi connectivity index (χ0n) is 16.5. The number of amidine groups is 1. The second kappa shape index (κ2) is 8.55. The van der Waals surface area contributed by atoms with Crippen LogP contribution >= 0.6 is 15.9 Å². The molecule has 3 aromatic carbocycles. The normalized spacial score (nSPS) is 14.8. The molecular weight excluding hydrogens is 444 g/mol. The van der Waals surface area contributed by atoms with Gasteiger partial charge in [0.15, 0.2) is 5.84 Å². The number of amides is 1. The maximum Gasteiger partial charge on any atom is 0.282 e. The van der Waals surface area contributed by atoms with E-state index >= 15 is 0 Å². The minimum atomic E-state index is -0.207. The van der Waals surface area contributed by atoms with Crippen molar-refractivity contribution in [1.29, 1.82) is 0 Å². The van der Waals surface area contributed by atoms with Gasteiger partial charge in [-0.3, -0.25) is 9.69 Å². The Hall–Kier alpha value is -3.38. The number of hydrogen-bond donors (Lipinski definition) is 0. The third kappa shape index (κ3) is 3.86. The minimum absolute atomic E-state index is 0.207. The fourth-order valence-electron chi connectivity index (χ4n) is 3.25. The van der Waals surface area contributed by atoms with Crippen LogP contribution < -0.4 is 14.4 Å². The highest BCUT2D eigenvalue weighted by molar-refractivity contribution is 9.10. The summed E-state index contributed by atoms with van der Waals surface area (Å²) in [5, 5.41) is 0. The highest BCUT2D eigenvalue weighted by atomic mass is 79.9. The van der Waals surface area contributed by atoms with E-state index in [1.54, 1.807) is 25.2 Å². The first kappa shape index (κ1) is 19.9. The fraction of sp³-hybridized carbons (Fsp3) is 0.0833. The molecule has 0 saturated heterocycles. The van der Waals surface area contributed by atoms with E-state index in [1.165, 1.54) is 0 Å². The van der Waals surface area contributed by atoms with E-state index in [0.29, 0.717) is 28.7 Å². The molecule has 30 heavy (non-hydrogen) atoms. The number of methoxy groups -OCH3 is 2. The van der Waals surface area contributed by atoms with Crippen LogP contribution in [-0.4, -0.2) is 26.0 Å². The Morgan fingerprint density at radius 3 is 2.40 bits per heavy atom. The number of carbonyl (C=O) groups is 1. The highest BCUT2D eigenvalue weighted by Crippen LogP contribution is 2.32. The number of para-hydroxylation sites is 1. The molecule has 5 nitrogen and oxygen atoms in total. The Bertz CT molecular complexity index is 1150. The van der Waals surface area contributed by atoms with Crippen molar-refractivity contribution in [3.8, 4) is 11.5 Å². The van der Waals surface area contributed by atoms with Gasteiger partial charge in [0.1, 0.15) is 17.2 Å². The van der Waals surface area contributed by atoms with Gasteiger partial charge < -0.3 is 9.47 Å². The van der Waals surface area contributed by atoms with E-state index in [2.05, 4.69) is 15.9 Å². The van der Waals surface area contributed by atoms with Gasteiger partial charge in [-0.25, -0.2) is 4.99 Å². The van der Waals surface area contributed by atoms with Crippen LogP contribution in [0.3, 0.4) is 0 Å². The Morgan fingerprint density at radius 1 is 0.933 bits per heavy atom. The summed E-state index contributed by atoms with van der Waals surface area (Å²) in [7, 11) is 3.21. The van der Waals surface area contributed by atoms with Gasteiger partial charge >= 0.3 is 0 Å². The topological polar surface area (TPSA) is 51.1 Å². The molecule has 3 aromatic rings. The van der Waals surface area contributed by atoms with Crippen LogP contribution in [0.5, 0.6) is 11.5 Å². The van der Waals surface area contributed by atoms with E-state index < -0.39 is 0 Å². The summed E-state index contributed by atoms with van der Waals surface area (Å²) < 4.78 is 11.7. The average molecular weight is 463 g/mol. The Kier molecular flexibility index (Phi) is 5.68. The largest absolute Gasteiger partial charge is 0.497 e. The molecule has 0 saturated carbocycles.